The molecule has 0 atom stereocenters. The molecule has 3 heterocycles. The van der Waals surface area contributed by atoms with Gasteiger partial charge in [0, 0.05) is 6.54 Å². The van der Waals surface area contributed by atoms with E-state index in [0.29, 0.717) is 17.1 Å². The molecule has 12 heteroatoms. The smallest absolute Gasteiger partial charge is 0.325 e. The molecule has 0 unspecified atom stereocenters. The third kappa shape index (κ3) is 4.32. The Balaban J connectivity index is 1.66. The van der Waals surface area contributed by atoms with Gasteiger partial charge < -0.3 is 4.57 Å². The van der Waals surface area contributed by atoms with E-state index in [0.717, 1.165) is 21.5 Å². The number of benzene rings is 1. The van der Waals surface area contributed by atoms with Crippen molar-refractivity contribution in [1.82, 2.24) is 34.5 Å². The quantitative estimate of drug-likeness (QED) is 0.400. The van der Waals surface area contributed by atoms with Crippen LogP contribution in [0.2, 0.25) is 0 Å². The van der Waals surface area contributed by atoms with Crippen molar-refractivity contribution in [2.75, 3.05) is 0 Å². The number of carbonyl (C=O) groups is 2. The second-order valence-electron chi connectivity index (χ2n) is 7.22. The van der Waals surface area contributed by atoms with Crippen LogP contribution in [0, 0.1) is 6.92 Å². The molecule has 11 nitrogen and oxygen atoms in total. The lowest BCUT2D eigenvalue weighted by atomic mass is 10.2. The Morgan fingerprint density at radius 1 is 1.06 bits per heavy atom. The van der Waals surface area contributed by atoms with Crippen molar-refractivity contribution in [1.29, 1.82) is 0 Å². The van der Waals surface area contributed by atoms with Crippen LogP contribution in [0.5, 0.6) is 0 Å². The van der Waals surface area contributed by atoms with Gasteiger partial charge in [-0.3, -0.25) is 29.8 Å². The summed E-state index contributed by atoms with van der Waals surface area (Å²) in [5.41, 5.74) is 6.61. The molecule has 3 aromatic heterocycles. The van der Waals surface area contributed by atoms with Gasteiger partial charge in [-0.05, 0) is 19.4 Å². The molecular formula is C21H21N7O4S. The van der Waals surface area contributed by atoms with Gasteiger partial charge in [-0.15, -0.1) is 11.3 Å². The molecule has 2 N–H and O–H groups in total. The van der Waals surface area contributed by atoms with Crippen LogP contribution in [-0.4, -0.2) is 35.5 Å². The summed E-state index contributed by atoms with van der Waals surface area (Å²) in [5, 5.41) is 0. The number of nitrogens with zero attached hydrogens (tertiary/aromatic N) is 5. The third-order valence-electron chi connectivity index (χ3n) is 5.08. The van der Waals surface area contributed by atoms with E-state index in [1.165, 1.54) is 16.4 Å². The van der Waals surface area contributed by atoms with E-state index in [4.69, 9.17) is 0 Å². The fraction of sp³-hybridized carbons (Fsp3) is 0.238. The molecule has 0 spiro atoms. The minimum atomic E-state index is -0.724. The first-order chi connectivity index (χ1) is 15.9. The molecule has 0 aliphatic carbocycles. The molecule has 0 aliphatic rings. The molecule has 4 aromatic rings. The van der Waals surface area contributed by atoms with Crippen LogP contribution in [-0.2, 0) is 24.4 Å². The Morgan fingerprint density at radius 3 is 2.48 bits per heavy atom. The third-order valence-corrected chi connectivity index (χ3v) is 6.00. The summed E-state index contributed by atoms with van der Waals surface area (Å²) in [6.45, 7) is 3.60. The standard InChI is InChI=1S/C21H21N7O4S/c1-3-26-11-22-18-16(26)20(31)28(21(32)27(18)9-14-7-5-4-6-8-14)10-15(29)24-25-19(30)17-13(2)23-12-33-17/h4-8,11-12H,3,9-10H2,1-2H3,(H,24,29)(H,25,30). The number of amides is 2. The van der Waals surface area contributed by atoms with Crippen molar-refractivity contribution in [2.45, 2.75) is 33.5 Å². The molecule has 4 rings (SSSR count). The maximum atomic E-state index is 13.2. The van der Waals surface area contributed by atoms with Crippen LogP contribution in [0.4, 0.5) is 0 Å². The highest BCUT2D eigenvalue weighted by molar-refractivity contribution is 7.11. The van der Waals surface area contributed by atoms with Crippen molar-refractivity contribution >= 4 is 34.3 Å². The number of hydrogen-bond donors (Lipinski definition) is 2. The Kier molecular flexibility index (Phi) is 6.18. The van der Waals surface area contributed by atoms with Gasteiger partial charge in [0.15, 0.2) is 11.2 Å². The van der Waals surface area contributed by atoms with Gasteiger partial charge in [0.2, 0.25) is 0 Å². The SMILES string of the molecule is CCn1cnc2c1c(=O)n(CC(=O)NNC(=O)c1scnc1C)c(=O)n2Cc1ccccc1. The van der Waals surface area contributed by atoms with Crippen LogP contribution < -0.4 is 22.1 Å². The average Bonchev–Trinajstić information content (AvgIpc) is 3.44. The lowest BCUT2D eigenvalue weighted by molar-refractivity contribution is -0.122. The normalized spacial score (nSPS) is 11.0. The second kappa shape index (κ2) is 9.20. The topological polar surface area (TPSA) is 133 Å². The number of imidazole rings is 1. The molecule has 1 aromatic carbocycles. The molecule has 0 aliphatic heterocycles. The van der Waals surface area contributed by atoms with E-state index in [-0.39, 0.29) is 17.7 Å². The van der Waals surface area contributed by atoms with E-state index in [2.05, 4.69) is 20.8 Å². The molecule has 0 saturated carbocycles. The highest BCUT2D eigenvalue weighted by Gasteiger charge is 2.20. The second-order valence-corrected chi connectivity index (χ2v) is 8.07. The molecule has 0 fully saturated rings. The molecule has 0 saturated heterocycles. The number of fused-ring (bicyclic) bond motifs is 1. The number of aryl methyl sites for hydroxylation is 2. The molecule has 170 valence electrons. The highest BCUT2D eigenvalue weighted by atomic mass is 32.1. The Morgan fingerprint density at radius 2 is 1.82 bits per heavy atom. The number of hydrazine groups is 1. The molecule has 0 bridgehead atoms. The summed E-state index contributed by atoms with van der Waals surface area (Å²) in [7, 11) is 0. The van der Waals surface area contributed by atoms with Crippen molar-refractivity contribution < 1.29 is 9.59 Å². The number of aromatic nitrogens is 5. The van der Waals surface area contributed by atoms with Gasteiger partial charge >= 0.3 is 5.69 Å². The van der Waals surface area contributed by atoms with Gasteiger partial charge in [-0.2, -0.15) is 0 Å². The molecule has 2 amide bonds. The average molecular weight is 468 g/mol. The Hall–Kier alpha value is -4.06. The predicted octanol–water partition coefficient (Wildman–Crippen LogP) is 0.654. The lowest BCUT2D eigenvalue weighted by Crippen LogP contribution is -2.48. The minimum absolute atomic E-state index is 0.181. The van der Waals surface area contributed by atoms with E-state index in [1.807, 2.05) is 37.3 Å². The minimum Gasteiger partial charge on any atom is -0.325 e. The molecular weight excluding hydrogens is 446 g/mol. The fourth-order valence-corrected chi connectivity index (χ4v) is 4.11. The van der Waals surface area contributed by atoms with Crippen molar-refractivity contribution in [3.63, 3.8) is 0 Å². The zero-order valence-corrected chi connectivity index (χ0v) is 18.8. The first-order valence-corrected chi connectivity index (χ1v) is 11.0. The summed E-state index contributed by atoms with van der Waals surface area (Å²) >= 11 is 1.13. The largest absolute Gasteiger partial charge is 0.333 e. The van der Waals surface area contributed by atoms with Gasteiger partial charge in [-0.1, -0.05) is 30.3 Å². The highest BCUT2D eigenvalue weighted by Crippen LogP contribution is 2.11. The zero-order chi connectivity index (χ0) is 23.5. The first-order valence-electron chi connectivity index (χ1n) is 10.1. The Labute approximate surface area is 191 Å². The molecule has 33 heavy (non-hydrogen) atoms. The summed E-state index contributed by atoms with van der Waals surface area (Å²) in [4.78, 5) is 59.6. The van der Waals surface area contributed by atoms with E-state index in [1.54, 1.807) is 11.5 Å². The zero-order valence-electron chi connectivity index (χ0n) is 17.9. The number of nitrogens with one attached hydrogen (secondary N) is 2. The predicted molar refractivity (Wildman–Crippen MR) is 122 cm³/mol. The number of carbonyl (C=O) groups excluding carboxylic acids is 2. The van der Waals surface area contributed by atoms with E-state index in [9.17, 15) is 19.2 Å². The lowest BCUT2D eigenvalue weighted by Gasteiger charge is -2.13. The monoisotopic (exact) mass is 467 g/mol. The maximum Gasteiger partial charge on any atom is 0.333 e. The summed E-state index contributed by atoms with van der Waals surface area (Å²) < 4.78 is 3.84. The summed E-state index contributed by atoms with van der Waals surface area (Å²) in [5.74, 6) is -1.26. The van der Waals surface area contributed by atoms with Crippen molar-refractivity contribution in [3.05, 3.63) is 79.1 Å². The number of rotatable bonds is 6. The molecule has 0 radical (unpaired) electrons. The van der Waals surface area contributed by atoms with E-state index >= 15 is 0 Å². The van der Waals surface area contributed by atoms with Gasteiger partial charge in [0.1, 0.15) is 11.4 Å². The van der Waals surface area contributed by atoms with Gasteiger partial charge in [-0.25, -0.2) is 19.3 Å². The summed E-state index contributed by atoms with van der Waals surface area (Å²) in [6.07, 6.45) is 1.50. The van der Waals surface area contributed by atoms with Crippen molar-refractivity contribution in [2.24, 2.45) is 0 Å². The van der Waals surface area contributed by atoms with Crippen LogP contribution in [0.1, 0.15) is 27.9 Å². The number of thiazole rings is 1. The number of hydrogen-bond acceptors (Lipinski definition) is 7. The first kappa shape index (κ1) is 22.1. The van der Waals surface area contributed by atoms with Crippen LogP contribution in [0.25, 0.3) is 11.2 Å². The fourth-order valence-electron chi connectivity index (χ4n) is 3.41. The van der Waals surface area contributed by atoms with E-state index < -0.39 is 29.6 Å². The summed E-state index contributed by atoms with van der Waals surface area (Å²) in [6, 6.07) is 9.27. The Bertz CT molecular complexity index is 1450. The van der Waals surface area contributed by atoms with Crippen LogP contribution >= 0.6 is 11.3 Å². The van der Waals surface area contributed by atoms with Crippen molar-refractivity contribution in [3.8, 4) is 0 Å². The van der Waals surface area contributed by atoms with Crippen LogP contribution in [0.15, 0.2) is 51.8 Å². The van der Waals surface area contributed by atoms with Gasteiger partial charge in [0.05, 0.1) is 24.1 Å². The van der Waals surface area contributed by atoms with Crippen LogP contribution in [0.3, 0.4) is 0 Å². The maximum absolute atomic E-state index is 13.2. The van der Waals surface area contributed by atoms with Gasteiger partial charge in [0.25, 0.3) is 17.4 Å².